The van der Waals surface area contributed by atoms with Crippen molar-refractivity contribution in [1.82, 2.24) is 0 Å². The van der Waals surface area contributed by atoms with Gasteiger partial charge in [0.2, 0.25) is 0 Å². The molecule has 0 amide bonds. The van der Waals surface area contributed by atoms with Crippen molar-refractivity contribution in [3.8, 4) is 0 Å². The number of hydrogen-bond donors (Lipinski definition) is 0. The van der Waals surface area contributed by atoms with Crippen LogP contribution >= 0.6 is 0 Å². The molecule has 0 aromatic heterocycles. The van der Waals surface area contributed by atoms with Crippen LogP contribution < -0.4 is 0 Å². The van der Waals surface area contributed by atoms with Crippen molar-refractivity contribution < 1.29 is 9.47 Å². The summed E-state index contributed by atoms with van der Waals surface area (Å²) in [6, 6.07) is 6.53. The second-order valence-corrected chi connectivity index (χ2v) is 4.27. The van der Waals surface area contributed by atoms with E-state index >= 15 is 0 Å². The summed E-state index contributed by atoms with van der Waals surface area (Å²) in [7, 11) is 0. The standard InChI is InChI=1S/C14H18O2/c1-10-4-5-13(8-11(10)2)9-14-12(3)15-6-7-16-14/h4-5,8H,6-7,9H2,1-3H3. The number of ether oxygens (including phenoxy) is 2. The van der Waals surface area contributed by atoms with Gasteiger partial charge in [0.25, 0.3) is 0 Å². The fourth-order valence-electron chi connectivity index (χ4n) is 1.82. The van der Waals surface area contributed by atoms with Crippen molar-refractivity contribution in [3.63, 3.8) is 0 Å². The monoisotopic (exact) mass is 218 g/mol. The summed E-state index contributed by atoms with van der Waals surface area (Å²) >= 11 is 0. The second-order valence-electron chi connectivity index (χ2n) is 4.27. The average Bonchev–Trinajstić information content (AvgIpc) is 2.27. The zero-order chi connectivity index (χ0) is 11.5. The van der Waals surface area contributed by atoms with E-state index in [0.717, 1.165) is 17.9 Å². The molecule has 2 heteroatoms. The Balaban J connectivity index is 2.17. The molecule has 0 bridgehead atoms. The highest BCUT2D eigenvalue weighted by Gasteiger charge is 2.12. The van der Waals surface area contributed by atoms with E-state index in [1.54, 1.807) is 0 Å². The first kappa shape index (κ1) is 11.1. The molecule has 1 aromatic carbocycles. The molecule has 0 saturated heterocycles. The number of allylic oxidation sites excluding steroid dienone is 2. The molecule has 0 N–H and O–H groups in total. The maximum Gasteiger partial charge on any atom is 0.138 e. The van der Waals surface area contributed by atoms with Gasteiger partial charge < -0.3 is 9.47 Å². The molecule has 2 rings (SSSR count). The van der Waals surface area contributed by atoms with Gasteiger partial charge >= 0.3 is 0 Å². The molecule has 0 fully saturated rings. The van der Waals surface area contributed by atoms with E-state index in [2.05, 4.69) is 32.0 Å². The molecule has 0 radical (unpaired) electrons. The van der Waals surface area contributed by atoms with Gasteiger partial charge in [-0.1, -0.05) is 18.2 Å². The first-order valence-electron chi connectivity index (χ1n) is 5.68. The molecule has 0 saturated carbocycles. The Morgan fingerprint density at radius 2 is 1.75 bits per heavy atom. The molecule has 0 spiro atoms. The molecule has 1 aliphatic rings. The van der Waals surface area contributed by atoms with Crippen molar-refractivity contribution in [2.45, 2.75) is 27.2 Å². The van der Waals surface area contributed by atoms with Crippen LogP contribution in [0.5, 0.6) is 0 Å². The number of aryl methyl sites for hydroxylation is 2. The lowest BCUT2D eigenvalue weighted by Gasteiger charge is -2.20. The van der Waals surface area contributed by atoms with E-state index in [9.17, 15) is 0 Å². The van der Waals surface area contributed by atoms with Crippen molar-refractivity contribution in [2.24, 2.45) is 0 Å². The SMILES string of the molecule is CC1=C(Cc2ccc(C)c(C)c2)OCCO1. The molecule has 1 aliphatic heterocycles. The molecule has 0 aliphatic carbocycles. The van der Waals surface area contributed by atoms with Crippen LogP contribution in [-0.4, -0.2) is 13.2 Å². The van der Waals surface area contributed by atoms with E-state index in [1.165, 1.54) is 16.7 Å². The molecule has 1 aromatic rings. The lowest BCUT2D eigenvalue weighted by atomic mass is 10.0. The van der Waals surface area contributed by atoms with Crippen LogP contribution in [0.3, 0.4) is 0 Å². The summed E-state index contributed by atoms with van der Waals surface area (Å²) in [6.45, 7) is 7.57. The number of rotatable bonds is 2. The molecule has 0 unspecified atom stereocenters. The van der Waals surface area contributed by atoms with Crippen molar-refractivity contribution in [2.75, 3.05) is 13.2 Å². The predicted molar refractivity (Wildman–Crippen MR) is 64.2 cm³/mol. The molecule has 2 nitrogen and oxygen atoms in total. The van der Waals surface area contributed by atoms with Gasteiger partial charge in [-0.15, -0.1) is 0 Å². The van der Waals surface area contributed by atoms with Gasteiger partial charge in [-0.25, -0.2) is 0 Å². The molecular formula is C14H18O2. The Bertz CT molecular complexity index is 419. The van der Waals surface area contributed by atoms with E-state index in [4.69, 9.17) is 9.47 Å². The first-order valence-corrected chi connectivity index (χ1v) is 5.68. The topological polar surface area (TPSA) is 18.5 Å². The summed E-state index contributed by atoms with van der Waals surface area (Å²) in [5.74, 6) is 1.89. The van der Waals surface area contributed by atoms with Crippen LogP contribution in [0.15, 0.2) is 29.7 Å². The Morgan fingerprint density at radius 1 is 1.00 bits per heavy atom. The van der Waals surface area contributed by atoms with E-state index in [0.29, 0.717) is 13.2 Å². The molecular weight excluding hydrogens is 200 g/mol. The third-order valence-corrected chi connectivity index (χ3v) is 3.01. The molecule has 86 valence electrons. The van der Waals surface area contributed by atoms with Crippen molar-refractivity contribution in [3.05, 3.63) is 46.4 Å². The van der Waals surface area contributed by atoms with Crippen LogP contribution in [0.2, 0.25) is 0 Å². The fraction of sp³-hybridized carbons (Fsp3) is 0.429. The predicted octanol–water partition coefficient (Wildman–Crippen LogP) is 3.12. The summed E-state index contributed by atoms with van der Waals surface area (Å²) < 4.78 is 11.1. The van der Waals surface area contributed by atoms with E-state index < -0.39 is 0 Å². The average molecular weight is 218 g/mol. The molecule has 0 atom stereocenters. The first-order chi connectivity index (χ1) is 7.66. The number of hydrogen-bond acceptors (Lipinski definition) is 2. The highest BCUT2D eigenvalue weighted by molar-refractivity contribution is 5.32. The zero-order valence-corrected chi connectivity index (χ0v) is 10.2. The van der Waals surface area contributed by atoms with Gasteiger partial charge in [-0.05, 0) is 37.5 Å². The lowest BCUT2D eigenvalue weighted by Crippen LogP contribution is -2.13. The third-order valence-electron chi connectivity index (χ3n) is 3.01. The zero-order valence-electron chi connectivity index (χ0n) is 10.2. The van der Waals surface area contributed by atoms with E-state index in [-0.39, 0.29) is 0 Å². The van der Waals surface area contributed by atoms with Gasteiger partial charge in [0.15, 0.2) is 0 Å². The Morgan fingerprint density at radius 3 is 2.44 bits per heavy atom. The number of benzene rings is 1. The van der Waals surface area contributed by atoms with Gasteiger partial charge in [-0.3, -0.25) is 0 Å². The highest BCUT2D eigenvalue weighted by atomic mass is 16.6. The van der Waals surface area contributed by atoms with Gasteiger partial charge in [-0.2, -0.15) is 0 Å². The fourth-order valence-corrected chi connectivity index (χ4v) is 1.82. The third kappa shape index (κ3) is 2.38. The van der Waals surface area contributed by atoms with Crippen LogP contribution in [0.4, 0.5) is 0 Å². The van der Waals surface area contributed by atoms with Crippen LogP contribution in [0.1, 0.15) is 23.6 Å². The molecule has 1 heterocycles. The maximum atomic E-state index is 5.62. The van der Waals surface area contributed by atoms with Gasteiger partial charge in [0, 0.05) is 6.42 Å². The van der Waals surface area contributed by atoms with Gasteiger partial charge in [0.1, 0.15) is 24.7 Å². The minimum atomic E-state index is 0.664. The van der Waals surface area contributed by atoms with Crippen molar-refractivity contribution >= 4 is 0 Å². The minimum Gasteiger partial charge on any atom is -0.491 e. The van der Waals surface area contributed by atoms with E-state index in [1.807, 2.05) is 6.92 Å². The Kier molecular flexibility index (Phi) is 3.18. The van der Waals surface area contributed by atoms with Crippen molar-refractivity contribution in [1.29, 1.82) is 0 Å². The Labute approximate surface area is 96.9 Å². The summed E-state index contributed by atoms with van der Waals surface area (Å²) in [5.41, 5.74) is 3.94. The molecule has 16 heavy (non-hydrogen) atoms. The lowest BCUT2D eigenvalue weighted by molar-refractivity contribution is 0.0607. The normalized spacial score (nSPS) is 15.7. The summed E-state index contributed by atoms with van der Waals surface area (Å²) in [5, 5.41) is 0. The smallest absolute Gasteiger partial charge is 0.138 e. The maximum absolute atomic E-state index is 5.62. The van der Waals surface area contributed by atoms with Gasteiger partial charge in [0.05, 0.1) is 0 Å². The van der Waals surface area contributed by atoms with Crippen LogP contribution in [0.25, 0.3) is 0 Å². The highest BCUT2D eigenvalue weighted by Crippen LogP contribution is 2.19. The minimum absolute atomic E-state index is 0.664. The summed E-state index contributed by atoms with van der Waals surface area (Å²) in [4.78, 5) is 0. The quantitative estimate of drug-likeness (QED) is 0.759. The largest absolute Gasteiger partial charge is 0.491 e. The summed E-state index contributed by atoms with van der Waals surface area (Å²) in [6.07, 6.45) is 0.826. The Hall–Kier alpha value is -1.44. The van der Waals surface area contributed by atoms with Crippen LogP contribution in [0, 0.1) is 13.8 Å². The van der Waals surface area contributed by atoms with Crippen LogP contribution in [-0.2, 0) is 15.9 Å². The second kappa shape index (κ2) is 4.60.